The van der Waals surface area contributed by atoms with Gasteiger partial charge in [0.25, 0.3) is 0 Å². The molecule has 1 aliphatic heterocycles. The number of likely N-dealkylation sites (tertiary alicyclic amines) is 1. The topological polar surface area (TPSA) is 98.3 Å². The Morgan fingerprint density at radius 1 is 1.39 bits per heavy atom. The third kappa shape index (κ3) is 4.87. The minimum atomic E-state index is -3.78. The summed E-state index contributed by atoms with van der Waals surface area (Å²) >= 11 is 1.42. The average molecular weight is 425 g/mol. The van der Waals surface area contributed by atoms with Crippen LogP contribution in [0.15, 0.2) is 28.3 Å². The number of thioether (sulfide) groups is 1. The summed E-state index contributed by atoms with van der Waals surface area (Å²) in [6, 6.07) is 4.76. The molecule has 1 saturated heterocycles. The maximum absolute atomic E-state index is 12.6. The number of aromatic nitrogens is 2. The quantitative estimate of drug-likeness (QED) is 0.689. The van der Waals surface area contributed by atoms with E-state index in [-0.39, 0.29) is 10.8 Å². The van der Waals surface area contributed by atoms with Crippen molar-refractivity contribution in [2.24, 2.45) is 11.1 Å². The third-order valence-electron chi connectivity index (χ3n) is 5.08. The molecule has 7 nitrogen and oxygen atoms in total. The number of primary sulfonamides is 1. The highest BCUT2D eigenvalue weighted by Crippen LogP contribution is 2.27. The van der Waals surface area contributed by atoms with Crippen molar-refractivity contribution in [3.63, 3.8) is 0 Å². The summed E-state index contributed by atoms with van der Waals surface area (Å²) in [5, 5.41) is 5.99. The van der Waals surface area contributed by atoms with Gasteiger partial charge in [0.2, 0.25) is 15.9 Å². The molecule has 0 bridgehead atoms. The molecule has 0 radical (unpaired) electrons. The lowest BCUT2D eigenvalue weighted by Crippen LogP contribution is -2.40. The summed E-state index contributed by atoms with van der Waals surface area (Å²) in [6.07, 6.45) is 4.25. The van der Waals surface area contributed by atoms with Gasteiger partial charge < -0.3 is 9.47 Å². The minimum absolute atomic E-state index is 0.0510. The van der Waals surface area contributed by atoms with Gasteiger partial charge in [0.1, 0.15) is 0 Å². The van der Waals surface area contributed by atoms with Crippen LogP contribution in [0.1, 0.15) is 39.5 Å². The summed E-state index contributed by atoms with van der Waals surface area (Å²) in [5.74, 6) is 1.02. The highest BCUT2D eigenvalue weighted by molar-refractivity contribution is 7.99. The van der Waals surface area contributed by atoms with Crippen LogP contribution in [0, 0.1) is 5.92 Å². The summed E-state index contributed by atoms with van der Waals surface area (Å²) in [7, 11) is -3.78. The first-order valence-electron chi connectivity index (χ1n) is 9.73. The molecule has 1 fully saturated rings. The fourth-order valence-corrected chi connectivity index (χ4v) is 5.02. The van der Waals surface area contributed by atoms with Crippen molar-refractivity contribution in [3.05, 3.63) is 18.2 Å². The van der Waals surface area contributed by atoms with Crippen LogP contribution >= 0.6 is 11.8 Å². The van der Waals surface area contributed by atoms with Crippen LogP contribution in [-0.4, -0.2) is 47.6 Å². The van der Waals surface area contributed by atoms with Crippen molar-refractivity contribution >= 4 is 38.7 Å². The molecule has 3 rings (SSSR count). The van der Waals surface area contributed by atoms with Crippen molar-refractivity contribution in [2.45, 2.75) is 56.1 Å². The summed E-state index contributed by atoms with van der Waals surface area (Å²) in [4.78, 5) is 19.2. The molecule has 1 atom stereocenters. The van der Waals surface area contributed by atoms with Gasteiger partial charge in [0, 0.05) is 19.6 Å². The monoisotopic (exact) mass is 424 g/mol. The van der Waals surface area contributed by atoms with Gasteiger partial charge in [-0.15, -0.1) is 0 Å². The van der Waals surface area contributed by atoms with E-state index in [1.807, 2.05) is 4.90 Å². The Morgan fingerprint density at radius 3 is 2.86 bits per heavy atom. The fraction of sp³-hybridized carbons (Fsp3) is 0.579. The number of nitrogens with two attached hydrogens (primary N) is 1. The second-order valence-electron chi connectivity index (χ2n) is 7.47. The van der Waals surface area contributed by atoms with Gasteiger partial charge in [-0.1, -0.05) is 32.0 Å². The molecule has 2 heterocycles. The molecule has 154 valence electrons. The Labute approximate surface area is 170 Å². The number of nitrogens with zero attached hydrogens (tertiary/aromatic N) is 3. The number of carbonyl (C=O) groups excluding carboxylic acids is 1. The maximum Gasteiger partial charge on any atom is 0.238 e. The van der Waals surface area contributed by atoms with E-state index in [9.17, 15) is 13.2 Å². The number of fused-ring (bicyclic) bond motifs is 1. The molecule has 1 aliphatic rings. The standard InChI is InChI=1S/C19H28N4O3S2/c1-3-4-10-23-17-8-7-15(28(20,25)26)11-16(17)21-19(23)27-13-18(24)22-9-5-6-14(2)12-22/h7-8,11,14H,3-6,9-10,12-13H2,1-2H3,(H2,20,25,26)/t14-/m0/s1. The zero-order valence-electron chi connectivity index (χ0n) is 16.4. The predicted molar refractivity (Wildman–Crippen MR) is 112 cm³/mol. The Morgan fingerprint density at radius 2 is 2.18 bits per heavy atom. The van der Waals surface area contributed by atoms with E-state index in [0.717, 1.165) is 49.6 Å². The molecule has 1 amide bonds. The zero-order chi connectivity index (χ0) is 20.3. The number of carbonyl (C=O) groups is 1. The van der Waals surface area contributed by atoms with E-state index in [4.69, 9.17) is 5.14 Å². The Bertz CT molecular complexity index is 955. The van der Waals surface area contributed by atoms with Crippen LogP contribution < -0.4 is 5.14 Å². The molecule has 1 aromatic carbocycles. The number of amides is 1. The Kier molecular flexibility index (Phi) is 6.67. The van der Waals surface area contributed by atoms with Crippen LogP contribution in [0.4, 0.5) is 0 Å². The largest absolute Gasteiger partial charge is 0.342 e. The van der Waals surface area contributed by atoms with E-state index < -0.39 is 10.0 Å². The van der Waals surface area contributed by atoms with Crippen molar-refractivity contribution in [1.82, 2.24) is 14.5 Å². The van der Waals surface area contributed by atoms with Crippen molar-refractivity contribution in [2.75, 3.05) is 18.8 Å². The highest BCUT2D eigenvalue weighted by atomic mass is 32.2. The number of hydrogen-bond acceptors (Lipinski definition) is 5. The number of sulfonamides is 1. The first-order valence-corrected chi connectivity index (χ1v) is 12.3. The SMILES string of the molecule is CCCCn1c(SCC(=O)N2CCC[C@H](C)C2)nc2cc(S(N)(=O)=O)ccc21. The maximum atomic E-state index is 12.6. The molecule has 0 aliphatic carbocycles. The molecular formula is C19H28N4O3S2. The van der Waals surface area contributed by atoms with E-state index in [1.54, 1.807) is 6.07 Å². The average Bonchev–Trinajstić information content (AvgIpc) is 3.00. The molecule has 0 spiro atoms. The van der Waals surface area contributed by atoms with Crippen LogP contribution in [-0.2, 0) is 21.4 Å². The number of benzene rings is 1. The number of unbranched alkanes of at least 4 members (excludes halogenated alkanes) is 1. The van der Waals surface area contributed by atoms with Crippen molar-refractivity contribution in [3.8, 4) is 0 Å². The summed E-state index contributed by atoms with van der Waals surface area (Å²) in [6.45, 7) is 6.72. The second kappa shape index (κ2) is 8.84. The zero-order valence-corrected chi connectivity index (χ0v) is 18.1. The van der Waals surface area contributed by atoms with Gasteiger partial charge in [0.05, 0.1) is 21.7 Å². The molecule has 2 N–H and O–H groups in total. The number of hydrogen-bond donors (Lipinski definition) is 1. The van der Waals surface area contributed by atoms with Gasteiger partial charge in [-0.3, -0.25) is 4.79 Å². The molecule has 0 saturated carbocycles. The van der Waals surface area contributed by atoms with E-state index >= 15 is 0 Å². The third-order valence-corrected chi connectivity index (χ3v) is 6.96. The van der Waals surface area contributed by atoms with Crippen LogP contribution in [0.2, 0.25) is 0 Å². The molecule has 2 aromatic rings. The highest BCUT2D eigenvalue weighted by Gasteiger charge is 2.22. The number of piperidine rings is 1. The molecule has 1 aromatic heterocycles. The lowest BCUT2D eigenvalue weighted by Gasteiger charge is -2.30. The normalized spacial score (nSPS) is 18.0. The second-order valence-corrected chi connectivity index (χ2v) is 9.97. The minimum Gasteiger partial charge on any atom is -0.342 e. The lowest BCUT2D eigenvalue weighted by atomic mass is 10.0. The Balaban J connectivity index is 1.83. The van der Waals surface area contributed by atoms with E-state index in [1.165, 1.54) is 30.3 Å². The molecule has 28 heavy (non-hydrogen) atoms. The lowest BCUT2D eigenvalue weighted by molar-refractivity contribution is -0.130. The fourth-order valence-electron chi connectivity index (χ4n) is 3.54. The van der Waals surface area contributed by atoms with E-state index in [2.05, 4.69) is 23.4 Å². The van der Waals surface area contributed by atoms with Gasteiger partial charge in [-0.25, -0.2) is 18.5 Å². The van der Waals surface area contributed by atoms with Crippen molar-refractivity contribution in [1.29, 1.82) is 0 Å². The number of rotatable bonds is 7. The summed E-state index contributed by atoms with van der Waals surface area (Å²) in [5.41, 5.74) is 1.45. The van der Waals surface area contributed by atoms with Crippen molar-refractivity contribution < 1.29 is 13.2 Å². The van der Waals surface area contributed by atoms with Crippen LogP contribution in [0.25, 0.3) is 11.0 Å². The Hall–Kier alpha value is -1.58. The van der Waals surface area contributed by atoms with Gasteiger partial charge >= 0.3 is 0 Å². The number of imidazole rings is 1. The first-order chi connectivity index (χ1) is 13.3. The number of aryl methyl sites for hydroxylation is 1. The van der Waals surface area contributed by atoms with Gasteiger partial charge in [-0.05, 0) is 43.4 Å². The molecular weight excluding hydrogens is 396 g/mol. The van der Waals surface area contributed by atoms with Gasteiger partial charge in [0.15, 0.2) is 5.16 Å². The van der Waals surface area contributed by atoms with E-state index in [0.29, 0.717) is 17.2 Å². The van der Waals surface area contributed by atoms with Gasteiger partial charge in [-0.2, -0.15) is 0 Å². The smallest absolute Gasteiger partial charge is 0.238 e. The van der Waals surface area contributed by atoms with Crippen LogP contribution in [0.3, 0.4) is 0 Å². The first kappa shape index (κ1) is 21.1. The predicted octanol–water partition coefficient (Wildman–Crippen LogP) is 2.83. The molecule has 9 heteroatoms. The van der Waals surface area contributed by atoms with Crippen LogP contribution in [0.5, 0.6) is 0 Å². The summed E-state index contributed by atoms with van der Waals surface area (Å²) < 4.78 is 25.4. The molecule has 0 unspecified atom stereocenters.